The molecule has 2 amide bonds. The number of hydrogen-bond donors (Lipinski definition) is 3. The van der Waals surface area contributed by atoms with Crippen LogP contribution in [-0.4, -0.2) is 54.0 Å². The van der Waals surface area contributed by atoms with E-state index in [4.69, 9.17) is 9.84 Å². The van der Waals surface area contributed by atoms with Gasteiger partial charge < -0.3 is 15.0 Å². The van der Waals surface area contributed by atoms with Gasteiger partial charge in [-0.25, -0.2) is 22.9 Å². The number of carbonyl (C=O) groups is 1. The number of amides is 2. The summed E-state index contributed by atoms with van der Waals surface area (Å²) >= 11 is 0. The molecule has 5 rings (SSSR count). The molecule has 0 aliphatic carbocycles. The number of likely N-dealkylation sites (N-methyl/N-ethyl adjacent to an activating group) is 1. The number of hydrogen-bond acceptors (Lipinski definition) is 7. The minimum absolute atomic E-state index is 0.154. The summed E-state index contributed by atoms with van der Waals surface area (Å²) in [7, 11) is -1.33. The first-order valence-corrected chi connectivity index (χ1v) is 15.4. The molecule has 1 aliphatic rings. The van der Waals surface area contributed by atoms with Gasteiger partial charge >= 0.3 is 6.03 Å². The molecular weight excluding hydrogens is 554 g/mol. The van der Waals surface area contributed by atoms with Crippen molar-refractivity contribution in [1.29, 1.82) is 0 Å². The van der Waals surface area contributed by atoms with Gasteiger partial charge in [-0.15, -0.1) is 0 Å². The molecule has 2 aromatic heterocycles. The predicted octanol–water partition coefficient (Wildman–Crippen LogP) is 5.36. The third kappa shape index (κ3) is 7.25. The lowest BCUT2D eigenvalue weighted by Gasteiger charge is -2.25. The predicted molar refractivity (Wildman–Crippen MR) is 164 cm³/mol. The number of aromatic nitrogens is 3. The highest BCUT2D eigenvalue weighted by Crippen LogP contribution is 2.29. The Balaban J connectivity index is 1.29. The minimum atomic E-state index is -3.46. The van der Waals surface area contributed by atoms with Crippen LogP contribution in [0.2, 0.25) is 0 Å². The summed E-state index contributed by atoms with van der Waals surface area (Å²) in [5, 5.41) is 10.7. The van der Waals surface area contributed by atoms with Crippen molar-refractivity contribution in [3.8, 4) is 17.2 Å². The molecule has 3 heterocycles. The van der Waals surface area contributed by atoms with Crippen molar-refractivity contribution >= 4 is 33.4 Å². The molecule has 0 saturated heterocycles. The number of fused-ring (bicyclic) bond motifs is 1. The number of nitrogens with zero attached hydrogens (tertiary/aromatic N) is 4. The topological polar surface area (TPSA) is 130 Å². The average Bonchev–Trinajstić information content (AvgIpc) is 3.33. The standard InChI is InChI=1S/C30H35N7O4S/c1-30(2,3)26-18-28(37(34-26)23-9-6-21-19-36(4)15-13-20(21)16-23)33-29(38)32-22-7-10-24(11-8-22)41-25-12-14-31-27(17-25)35-42(5,39)40/h6-12,14,16-18H,13,15,19H2,1-5H3,(H,31,35)(H2,32,33,38). The second-order valence-corrected chi connectivity index (χ2v) is 13.2. The first kappa shape index (κ1) is 29.1. The van der Waals surface area contributed by atoms with Crippen LogP contribution in [0.3, 0.4) is 0 Å². The van der Waals surface area contributed by atoms with Gasteiger partial charge in [-0.05, 0) is 67.1 Å². The van der Waals surface area contributed by atoms with Crippen LogP contribution in [0, 0.1) is 0 Å². The Labute approximate surface area is 246 Å². The summed E-state index contributed by atoms with van der Waals surface area (Å²) in [6.45, 7) is 8.19. The third-order valence-electron chi connectivity index (χ3n) is 6.73. The highest BCUT2D eigenvalue weighted by atomic mass is 32.2. The molecule has 11 nitrogen and oxygen atoms in total. The van der Waals surface area contributed by atoms with E-state index in [0.717, 1.165) is 37.1 Å². The molecule has 0 radical (unpaired) electrons. The van der Waals surface area contributed by atoms with Crippen molar-refractivity contribution in [2.24, 2.45) is 0 Å². The monoisotopic (exact) mass is 589 g/mol. The molecule has 0 saturated carbocycles. The quantitative estimate of drug-likeness (QED) is 0.265. The van der Waals surface area contributed by atoms with E-state index in [0.29, 0.717) is 23.0 Å². The van der Waals surface area contributed by atoms with Gasteiger partial charge in [0.05, 0.1) is 17.6 Å². The Kier molecular flexibility index (Phi) is 7.93. The normalized spacial score (nSPS) is 13.7. The number of benzene rings is 2. The van der Waals surface area contributed by atoms with Gasteiger partial charge in [0.15, 0.2) is 0 Å². The van der Waals surface area contributed by atoms with Crippen LogP contribution in [0.25, 0.3) is 5.69 Å². The highest BCUT2D eigenvalue weighted by Gasteiger charge is 2.22. The number of pyridine rings is 1. The molecule has 1 aliphatic heterocycles. The average molecular weight is 590 g/mol. The molecule has 0 spiro atoms. The smallest absolute Gasteiger partial charge is 0.324 e. The SMILES string of the molecule is CN1CCc2cc(-n3nc(C(C)(C)C)cc3NC(=O)Nc3ccc(Oc4ccnc(NS(C)(=O)=O)c4)cc3)ccc2C1. The first-order valence-electron chi connectivity index (χ1n) is 13.5. The van der Waals surface area contributed by atoms with Crippen LogP contribution in [-0.2, 0) is 28.4 Å². The molecule has 0 atom stereocenters. The summed E-state index contributed by atoms with van der Waals surface area (Å²) in [6.07, 6.45) is 3.46. The van der Waals surface area contributed by atoms with Crippen molar-refractivity contribution < 1.29 is 17.9 Å². The maximum absolute atomic E-state index is 13.1. The molecule has 12 heteroatoms. The van der Waals surface area contributed by atoms with E-state index >= 15 is 0 Å². The fourth-order valence-electron chi connectivity index (χ4n) is 4.59. The lowest BCUT2D eigenvalue weighted by molar-refractivity contribution is 0.262. The van der Waals surface area contributed by atoms with E-state index < -0.39 is 16.1 Å². The second kappa shape index (κ2) is 11.5. The largest absolute Gasteiger partial charge is 0.457 e. The zero-order chi connectivity index (χ0) is 30.1. The van der Waals surface area contributed by atoms with Crippen molar-refractivity contribution in [2.75, 3.05) is 35.2 Å². The fourth-order valence-corrected chi connectivity index (χ4v) is 5.08. The number of nitrogens with one attached hydrogen (secondary N) is 3. The highest BCUT2D eigenvalue weighted by molar-refractivity contribution is 7.92. The van der Waals surface area contributed by atoms with Gasteiger partial charge in [0.2, 0.25) is 10.0 Å². The molecule has 42 heavy (non-hydrogen) atoms. The fraction of sp³-hybridized carbons (Fsp3) is 0.300. The summed E-state index contributed by atoms with van der Waals surface area (Å²) in [5.74, 6) is 1.64. The van der Waals surface area contributed by atoms with Gasteiger partial charge in [0.25, 0.3) is 0 Å². The molecule has 3 N–H and O–H groups in total. The first-order chi connectivity index (χ1) is 19.8. The van der Waals surface area contributed by atoms with Crippen molar-refractivity contribution in [1.82, 2.24) is 19.7 Å². The van der Waals surface area contributed by atoms with Crippen LogP contribution in [0.15, 0.2) is 66.9 Å². The number of urea groups is 1. The van der Waals surface area contributed by atoms with Crippen LogP contribution >= 0.6 is 0 Å². The van der Waals surface area contributed by atoms with Crippen LogP contribution in [0.4, 0.5) is 22.1 Å². The maximum atomic E-state index is 13.1. The van der Waals surface area contributed by atoms with Crippen LogP contribution in [0.1, 0.15) is 37.6 Å². The number of carbonyl (C=O) groups excluding carboxylic acids is 1. The Morgan fingerprint density at radius 3 is 2.43 bits per heavy atom. The third-order valence-corrected chi connectivity index (χ3v) is 7.31. The lowest BCUT2D eigenvalue weighted by atomic mass is 9.92. The zero-order valence-corrected chi connectivity index (χ0v) is 25.1. The summed E-state index contributed by atoms with van der Waals surface area (Å²) in [6, 6.07) is 17.8. The lowest BCUT2D eigenvalue weighted by Crippen LogP contribution is -2.26. The van der Waals surface area contributed by atoms with Gasteiger partial charge in [-0.3, -0.25) is 10.0 Å². The van der Waals surface area contributed by atoms with Gasteiger partial charge in [-0.2, -0.15) is 5.10 Å². The molecular formula is C30H35N7O4S. The van der Waals surface area contributed by atoms with Gasteiger partial charge in [0, 0.05) is 42.5 Å². The minimum Gasteiger partial charge on any atom is -0.457 e. The summed E-state index contributed by atoms with van der Waals surface area (Å²) in [4.78, 5) is 19.3. The van der Waals surface area contributed by atoms with Crippen molar-refractivity contribution in [3.63, 3.8) is 0 Å². The Hall–Kier alpha value is -4.42. The molecule has 2 aromatic carbocycles. The number of rotatable bonds is 7. The van der Waals surface area contributed by atoms with E-state index in [1.807, 2.05) is 12.1 Å². The molecule has 4 aromatic rings. The van der Waals surface area contributed by atoms with E-state index in [1.165, 1.54) is 23.4 Å². The summed E-state index contributed by atoms with van der Waals surface area (Å²) < 4.78 is 32.9. The van der Waals surface area contributed by atoms with Crippen LogP contribution < -0.4 is 20.1 Å². The van der Waals surface area contributed by atoms with Crippen LogP contribution in [0.5, 0.6) is 11.5 Å². The maximum Gasteiger partial charge on any atom is 0.324 e. The number of ether oxygens (including phenoxy) is 1. The van der Waals surface area contributed by atoms with E-state index in [-0.39, 0.29) is 11.2 Å². The van der Waals surface area contributed by atoms with E-state index in [9.17, 15) is 13.2 Å². The second-order valence-electron chi connectivity index (χ2n) is 11.5. The van der Waals surface area contributed by atoms with E-state index in [1.54, 1.807) is 35.0 Å². The Morgan fingerprint density at radius 1 is 0.952 bits per heavy atom. The Morgan fingerprint density at radius 2 is 1.71 bits per heavy atom. The molecule has 0 bridgehead atoms. The van der Waals surface area contributed by atoms with Crippen molar-refractivity contribution in [3.05, 3.63) is 83.7 Å². The number of anilines is 3. The molecule has 220 valence electrons. The van der Waals surface area contributed by atoms with Gasteiger partial charge in [-0.1, -0.05) is 26.8 Å². The van der Waals surface area contributed by atoms with Crippen molar-refractivity contribution in [2.45, 2.75) is 39.2 Å². The molecule has 0 unspecified atom stereocenters. The van der Waals surface area contributed by atoms with E-state index in [2.05, 4.69) is 65.2 Å². The zero-order valence-electron chi connectivity index (χ0n) is 24.3. The Bertz CT molecular complexity index is 1710. The van der Waals surface area contributed by atoms with Gasteiger partial charge in [0.1, 0.15) is 23.1 Å². The molecule has 0 fully saturated rings. The number of sulfonamides is 1. The summed E-state index contributed by atoms with van der Waals surface area (Å²) in [5.41, 5.74) is 4.73.